The van der Waals surface area contributed by atoms with Crippen molar-refractivity contribution < 1.29 is 14.3 Å². The molecule has 1 N–H and O–H groups in total. The minimum Gasteiger partial charge on any atom is -0.485 e. The molecule has 1 aromatic carbocycles. The Labute approximate surface area is 201 Å². The van der Waals surface area contributed by atoms with Crippen molar-refractivity contribution >= 4 is 40.0 Å². The van der Waals surface area contributed by atoms with Crippen LogP contribution in [0.5, 0.6) is 5.75 Å². The van der Waals surface area contributed by atoms with E-state index in [1.165, 1.54) is 28.0 Å². The van der Waals surface area contributed by atoms with Crippen molar-refractivity contribution in [3.63, 3.8) is 0 Å². The normalized spacial score (nSPS) is 10.8. The molecule has 2 heterocycles. The standard InChI is InChI=1S/C22H28N6O3S2/c1-7-28-17(11-31-16-10-13(2)8-9-14(16)3)25-26-22(28)32-12-18(29)24-21-23-15(4)19(33-21)20(30)27(5)6/h8-10H,7,11-12H2,1-6H3,(H,23,24,29). The average molecular weight is 489 g/mol. The predicted octanol–water partition coefficient (Wildman–Crippen LogP) is 3.69. The zero-order valence-electron chi connectivity index (χ0n) is 19.6. The van der Waals surface area contributed by atoms with E-state index < -0.39 is 0 Å². The molecule has 0 saturated heterocycles. The minimum atomic E-state index is -0.226. The number of benzene rings is 1. The summed E-state index contributed by atoms with van der Waals surface area (Å²) in [7, 11) is 3.36. The highest BCUT2D eigenvalue weighted by molar-refractivity contribution is 7.99. The Bertz CT molecular complexity index is 1160. The monoisotopic (exact) mass is 488 g/mol. The van der Waals surface area contributed by atoms with Gasteiger partial charge < -0.3 is 19.5 Å². The van der Waals surface area contributed by atoms with Crippen molar-refractivity contribution in [2.45, 2.75) is 46.0 Å². The van der Waals surface area contributed by atoms with E-state index in [4.69, 9.17) is 4.74 Å². The molecule has 0 radical (unpaired) electrons. The summed E-state index contributed by atoms with van der Waals surface area (Å²) in [5.74, 6) is 1.30. The van der Waals surface area contributed by atoms with Gasteiger partial charge in [0.2, 0.25) is 5.91 Å². The van der Waals surface area contributed by atoms with Gasteiger partial charge in [-0.25, -0.2) is 4.98 Å². The first-order chi connectivity index (χ1) is 15.7. The fraction of sp³-hybridized carbons (Fsp3) is 0.409. The van der Waals surface area contributed by atoms with E-state index in [0.29, 0.717) is 39.8 Å². The molecule has 0 saturated carbocycles. The highest BCUT2D eigenvalue weighted by Crippen LogP contribution is 2.25. The number of anilines is 1. The van der Waals surface area contributed by atoms with E-state index in [2.05, 4.69) is 20.5 Å². The van der Waals surface area contributed by atoms with Crippen LogP contribution in [0.15, 0.2) is 23.4 Å². The van der Waals surface area contributed by atoms with Gasteiger partial charge in [0.1, 0.15) is 17.2 Å². The van der Waals surface area contributed by atoms with Crippen LogP contribution in [-0.4, -0.2) is 56.3 Å². The number of amides is 2. The van der Waals surface area contributed by atoms with E-state index in [1.807, 2.05) is 43.5 Å². The highest BCUT2D eigenvalue weighted by atomic mass is 32.2. The van der Waals surface area contributed by atoms with Gasteiger partial charge >= 0.3 is 0 Å². The molecule has 3 aromatic rings. The predicted molar refractivity (Wildman–Crippen MR) is 130 cm³/mol. The largest absolute Gasteiger partial charge is 0.485 e. The lowest BCUT2D eigenvalue weighted by Gasteiger charge is -2.11. The molecule has 0 spiro atoms. The van der Waals surface area contributed by atoms with Gasteiger partial charge in [-0.2, -0.15) is 0 Å². The maximum atomic E-state index is 12.5. The van der Waals surface area contributed by atoms with E-state index in [-0.39, 0.29) is 17.6 Å². The lowest BCUT2D eigenvalue weighted by atomic mass is 10.1. The number of aryl methyl sites for hydroxylation is 3. The molecular weight excluding hydrogens is 460 g/mol. The minimum absolute atomic E-state index is 0.133. The number of hydrogen-bond donors (Lipinski definition) is 1. The van der Waals surface area contributed by atoms with Crippen LogP contribution in [0.2, 0.25) is 0 Å². The Morgan fingerprint density at radius 1 is 1.21 bits per heavy atom. The van der Waals surface area contributed by atoms with Gasteiger partial charge in [-0.3, -0.25) is 9.59 Å². The molecule has 2 amide bonds. The van der Waals surface area contributed by atoms with Crippen LogP contribution in [0.3, 0.4) is 0 Å². The van der Waals surface area contributed by atoms with E-state index in [1.54, 1.807) is 21.0 Å². The van der Waals surface area contributed by atoms with Gasteiger partial charge in [-0.15, -0.1) is 10.2 Å². The molecule has 0 atom stereocenters. The Morgan fingerprint density at radius 3 is 2.67 bits per heavy atom. The number of rotatable bonds is 9. The molecule has 0 bridgehead atoms. The van der Waals surface area contributed by atoms with Crippen LogP contribution in [0.4, 0.5) is 5.13 Å². The Hall–Kier alpha value is -2.92. The molecule has 3 rings (SSSR count). The summed E-state index contributed by atoms with van der Waals surface area (Å²) in [6.07, 6.45) is 0. The van der Waals surface area contributed by atoms with Crippen LogP contribution in [-0.2, 0) is 17.9 Å². The van der Waals surface area contributed by atoms with E-state index in [9.17, 15) is 9.59 Å². The molecule has 2 aromatic heterocycles. The van der Waals surface area contributed by atoms with Gasteiger partial charge in [0.15, 0.2) is 16.1 Å². The van der Waals surface area contributed by atoms with Gasteiger partial charge in [-0.1, -0.05) is 35.2 Å². The highest BCUT2D eigenvalue weighted by Gasteiger charge is 2.19. The topological polar surface area (TPSA) is 102 Å². The second-order valence-corrected chi connectivity index (χ2v) is 9.61. The third-order valence-corrected chi connectivity index (χ3v) is 6.81. The first-order valence-corrected chi connectivity index (χ1v) is 12.2. The van der Waals surface area contributed by atoms with Crippen LogP contribution < -0.4 is 10.1 Å². The molecule has 176 valence electrons. The van der Waals surface area contributed by atoms with Crippen molar-refractivity contribution in [1.29, 1.82) is 0 Å². The zero-order valence-corrected chi connectivity index (χ0v) is 21.3. The molecular formula is C22H28N6O3S2. The SMILES string of the molecule is CCn1c(COc2cc(C)ccc2C)nnc1SCC(=O)Nc1nc(C)c(C(=O)N(C)C)s1. The van der Waals surface area contributed by atoms with Crippen molar-refractivity contribution in [2.75, 3.05) is 25.2 Å². The number of carbonyl (C=O) groups is 2. The van der Waals surface area contributed by atoms with Crippen molar-refractivity contribution in [3.8, 4) is 5.75 Å². The number of hydrogen-bond acceptors (Lipinski definition) is 8. The molecule has 11 heteroatoms. The third-order valence-electron chi connectivity index (χ3n) is 4.79. The molecule has 0 fully saturated rings. The Morgan fingerprint density at radius 2 is 1.97 bits per heavy atom. The van der Waals surface area contributed by atoms with E-state index >= 15 is 0 Å². The summed E-state index contributed by atoms with van der Waals surface area (Å²) in [5.41, 5.74) is 2.78. The number of nitrogens with zero attached hydrogens (tertiary/aromatic N) is 5. The average Bonchev–Trinajstić information content (AvgIpc) is 3.34. The second-order valence-electron chi connectivity index (χ2n) is 7.67. The smallest absolute Gasteiger partial charge is 0.265 e. The number of aromatic nitrogens is 4. The number of nitrogens with one attached hydrogen (secondary N) is 1. The van der Waals surface area contributed by atoms with Gasteiger partial charge in [0, 0.05) is 20.6 Å². The first-order valence-electron chi connectivity index (χ1n) is 10.4. The fourth-order valence-electron chi connectivity index (χ4n) is 2.99. The lowest BCUT2D eigenvalue weighted by Crippen LogP contribution is -2.21. The molecule has 9 nitrogen and oxygen atoms in total. The maximum absolute atomic E-state index is 12.5. The second kappa shape index (κ2) is 10.8. The van der Waals surface area contributed by atoms with Gasteiger partial charge in [0.05, 0.1) is 11.4 Å². The molecule has 0 unspecified atom stereocenters. The first kappa shape index (κ1) is 24.7. The fourth-order valence-corrected chi connectivity index (χ4v) is 4.82. The Balaban J connectivity index is 1.60. The number of carbonyl (C=O) groups excluding carboxylic acids is 2. The Kier molecular flexibility index (Phi) is 8.09. The van der Waals surface area contributed by atoms with Gasteiger partial charge in [-0.05, 0) is 44.9 Å². The summed E-state index contributed by atoms with van der Waals surface area (Å²) < 4.78 is 7.90. The molecule has 0 aliphatic carbocycles. The van der Waals surface area contributed by atoms with Crippen molar-refractivity contribution in [1.82, 2.24) is 24.6 Å². The molecule has 0 aliphatic rings. The summed E-state index contributed by atoms with van der Waals surface area (Å²) in [6, 6.07) is 6.07. The quantitative estimate of drug-likeness (QED) is 0.458. The summed E-state index contributed by atoms with van der Waals surface area (Å²) >= 11 is 2.46. The maximum Gasteiger partial charge on any atom is 0.265 e. The van der Waals surface area contributed by atoms with Gasteiger partial charge in [0.25, 0.3) is 5.91 Å². The van der Waals surface area contributed by atoms with E-state index in [0.717, 1.165) is 16.9 Å². The van der Waals surface area contributed by atoms with Crippen LogP contribution in [0.25, 0.3) is 0 Å². The zero-order chi connectivity index (χ0) is 24.1. The third kappa shape index (κ3) is 6.11. The van der Waals surface area contributed by atoms with Crippen LogP contribution in [0.1, 0.15) is 39.2 Å². The van der Waals surface area contributed by atoms with Crippen LogP contribution in [0, 0.1) is 20.8 Å². The summed E-state index contributed by atoms with van der Waals surface area (Å²) in [5, 5.41) is 12.3. The number of ether oxygens (including phenoxy) is 1. The van der Waals surface area contributed by atoms with Crippen molar-refractivity contribution in [2.24, 2.45) is 0 Å². The number of thiazole rings is 1. The number of thioether (sulfide) groups is 1. The summed E-state index contributed by atoms with van der Waals surface area (Å²) in [4.78, 5) is 30.9. The summed E-state index contributed by atoms with van der Waals surface area (Å²) in [6.45, 7) is 8.72. The van der Waals surface area contributed by atoms with Crippen LogP contribution >= 0.6 is 23.1 Å². The van der Waals surface area contributed by atoms with Crippen molar-refractivity contribution in [3.05, 3.63) is 45.7 Å². The molecule has 0 aliphatic heterocycles. The lowest BCUT2D eigenvalue weighted by molar-refractivity contribution is -0.113. The molecule has 33 heavy (non-hydrogen) atoms.